The topological polar surface area (TPSA) is 34.1 Å². The summed E-state index contributed by atoms with van der Waals surface area (Å²) in [7, 11) is 1.86. The lowest BCUT2D eigenvalue weighted by Gasteiger charge is -2.12. The van der Waals surface area contributed by atoms with Crippen LogP contribution < -0.4 is 10.1 Å². The fourth-order valence-electron chi connectivity index (χ4n) is 2.00. The lowest BCUT2D eigenvalue weighted by molar-refractivity contribution is 0.299. The highest BCUT2D eigenvalue weighted by Gasteiger charge is 2.05. The number of anilines is 1. The Morgan fingerprint density at radius 3 is 2.68 bits per heavy atom. The van der Waals surface area contributed by atoms with Crippen LogP contribution in [0.25, 0.3) is 0 Å². The fourth-order valence-corrected chi connectivity index (χ4v) is 2.00. The first-order valence-corrected chi connectivity index (χ1v) is 6.44. The number of rotatable bonds is 4. The summed E-state index contributed by atoms with van der Waals surface area (Å²) >= 11 is 0. The molecule has 1 heterocycles. The highest BCUT2D eigenvalue weighted by atomic mass is 16.5. The van der Waals surface area contributed by atoms with Crippen LogP contribution in [-0.2, 0) is 6.61 Å². The molecule has 1 aromatic heterocycles. The summed E-state index contributed by atoms with van der Waals surface area (Å²) in [5.41, 5.74) is 4.59. The molecule has 19 heavy (non-hydrogen) atoms. The van der Waals surface area contributed by atoms with E-state index in [-0.39, 0.29) is 0 Å². The minimum atomic E-state index is 0.485. The van der Waals surface area contributed by atoms with E-state index in [0.29, 0.717) is 6.61 Å². The average Bonchev–Trinajstić information content (AvgIpc) is 2.41. The predicted molar refractivity (Wildman–Crippen MR) is 78.8 cm³/mol. The lowest BCUT2D eigenvalue weighted by Crippen LogP contribution is -2.02. The third kappa shape index (κ3) is 3.25. The van der Waals surface area contributed by atoms with E-state index in [4.69, 9.17) is 4.74 Å². The molecular weight excluding hydrogens is 236 g/mol. The normalized spacial score (nSPS) is 10.3. The van der Waals surface area contributed by atoms with E-state index in [1.54, 1.807) is 0 Å². The van der Waals surface area contributed by atoms with Crippen molar-refractivity contribution in [1.29, 1.82) is 0 Å². The molecule has 3 heteroatoms. The van der Waals surface area contributed by atoms with Gasteiger partial charge in [0.15, 0.2) is 0 Å². The Morgan fingerprint density at radius 1 is 1.16 bits per heavy atom. The van der Waals surface area contributed by atoms with Gasteiger partial charge in [-0.05, 0) is 55.7 Å². The molecule has 3 nitrogen and oxygen atoms in total. The molecule has 0 saturated heterocycles. The molecule has 0 atom stereocenters. The fraction of sp³-hybridized carbons (Fsp3) is 0.312. The van der Waals surface area contributed by atoms with Crippen molar-refractivity contribution in [3.8, 4) is 5.75 Å². The first-order chi connectivity index (χ1) is 9.10. The molecule has 0 amide bonds. The van der Waals surface area contributed by atoms with Crippen molar-refractivity contribution >= 4 is 5.82 Å². The van der Waals surface area contributed by atoms with Crippen molar-refractivity contribution in [2.24, 2.45) is 0 Å². The maximum Gasteiger partial charge on any atom is 0.130 e. The van der Waals surface area contributed by atoms with Crippen molar-refractivity contribution < 1.29 is 4.74 Å². The second-order valence-corrected chi connectivity index (χ2v) is 4.76. The van der Waals surface area contributed by atoms with Gasteiger partial charge in [0.1, 0.15) is 18.2 Å². The first kappa shape index (κ1) is 13.4. The summed E-state index contributed by atoms with van der Waals surface area (Å²) in [6, 6.07) is 10.1. The summed E-state index contributed by atoms with van der Waals surface area (Å²) in [4.78, 5) is 4.44. The zero-order valence-corrected chi connectivity index (χ0v) is 11.9. The van der Waals surface area contributed by atoms with Crippen LogP contribution in [0.3, 0.4) is 0 Å². The molecule has 0 aliphatic heterocycles. The van der Waals surface area contributed by atoms with Gasteiger partial charge in [0.2, 0.25) is 0 Å². The molecule has 1 aromatic carbocycles. The van der Waals surface area contributed by atoms with Crippen molar-refractivity contribution in [1.82, 2.24) is 4.98 Å². The van der Waals surface area contributed by atoms with Crippen LogP contribution in [0, 0.1) is 20.8 Å². The highest BCUT2D eigenvalue weighted by Crippen LogP contribution is 2.24. The van der Waals surface area contributed by atoms with Crippen molar-refractivity contribution in [2.45, 2.75) is 27.4 Å². The molecule has 1 N–H and O–H groups in total. The molecule has 0 spiro atoms. The van der Waals surface area contributed by atoms with Crippen LogP contribution >= 0.6 is 0 Å². The molecule has 0 aliphatic carbocycles. The second-order valence-electron chi connectivity index (χ2n) is 4.76. The molecule has 0 radical (unpaired) electrons. The Balaban J connectivity index is 2.14. The Bertz CT molecular complexity index is 579. The van der Waals surface area contributed by atoms with E-state index in [0.717, 1.165) is 17.3 Å². The van der Waals surface area contributed by atoms with E-state index >= 15 is 0 Å². The van der Waals surface area contributed by atoms with Crippen molar-refractivity contribution in [2.75, 3.05) is 12.4 Å². The summed E-state index contributed by atoms with van der Waals surface area (Å²) in [6.07, 6.45) is 0. The number of pyridine rings is 1. The van der Waals surface area contributed by atoms with Crippen molar-refractivity contribution in [3.63, 3.8) is 0 Å². The van der Waals surface area contributed by atoms with Gasteiger partial charge in [-0.2, -0.15) is 0 Å². The smallest absolute Gasteiger partial charge is 0.130 e. The number of aromatic nitrogens is 1. The minimum absolute atomic E-state index is 0.485. The maximum absolute atomic E-state index is 5.89. The predicted octanol–water partition coefficient (Wildman–Crippen LogP) is 3.63. The Kier molecular flexibility index (Phi) is 4.05. The Hall–Kier alpha value is -2.03. The summed E-state index contributed by atoms with van der Waals surface area (Å²) in [5.74, 6) is 1.80. The second kappa shape index (κ2) is 5.74. The van der Waals surface area contributed by atoms with E-state index in [1.165, 1.54) is 16.7 Å². The molecule has 2 rings (SSSR count). The summed E-state index contributed by atoms with van der Waals surface area (Å²) < 4.78 is 5.89. The number of aryl methyl sites for hydroxylation is 2. The first-order valence-electron chi connectivity index (χ1n) is 6.44. The molecule has 2 aromatic rings. The maximum atomic E-state index is 5.89. The molecule has 100 valence electrons. The van der Waals surface area contributed by atoms with Gasteiger partial charge in [-0.3, -0.25) is 0 Å². The summed E-state index contributed by atoms with van der Waals surface area (Å²) in [5, 5.41) is 3.03. The SMILES string of the molecule is CNc1cccc(COc2cc(C)cc(C)c2C)n1. The molecular formula is C16H20N2O. The zero-order chi connectivity index (χ0) is 13.8. The molecule has 0 unspecified atom stereocenters. The van der Waals surface area contributed by atoms with Gasteiger partial charge in [-0.25, -0.2) is 4.98 Å². The average molecular weight is 256 g/mol. The number of nitrogens with zero attached hydrogens (tertiary/aromatic N) is 1. The van der Waals surface area contributed by atoms with E-state index in [1.807, 2.05) is 25.2 Å². The summed E-state index contributed by atoms with van der Waals surface area (Å²) in [6.45, 7) is 6.76. The van der Waals surface area contributed by atoms with Crippen molar-refractivity contribution in [3.05, 3.63) is 52.7 Å². The van der Waals surface area contributed by atoms with Crippen LogP contribution in [0.15, 0.2) is 30.3 Å². The van der Waals surface area contributed by atoms with Crippen LogP contribution in [-0.4, -0.2) is 12.0 Å². The number of hydrogen-bond donors (Lipinski definition) is 1. The van der Waals surface area contributed by atoms with E-state index < -0.39 is 0 Å². The number of hydrogen-bond acceptors (Lipinski definition) is 3. The molecule has 0 saturated carbocycles. The monoisotopic (exact) mass is 256 g/mol. The van der Waals surface area contributed by atoms with E-state index in [9.17, 15) is 0 Å². The molecule has 0 bridgehead atoms. The van der Waals surface area contributed by atoms with Crippen LogP contribution in [0.5, 0.6) is 5.75 Å². The van der Waals surface area contributed by atoms with Gasteiger partial charge in [-0.15, -0.1) is 0 Å². The lowest BCUT2D eigenvalue weighted by atomic mass is 10.1. The van der Waals surface area contributed by atoms with E-state index in [2.05, 4.69) is 43.2 Å². The van der Waals surface area contributed by atoms with Gasteiger partial charge >= 0.3 is 0 Å². The number of benzene rings is 1. The third-order valence-electron chi connectivity index (χ3n) is 3.20. The highest BCUT2D eigenvalue weighted by molar-refractivity contribution is 5.42. The van der Waals surface area contributed by atoms with Crippen LogP contribution in [0.4, 0.5) is 5.82 Å². The quantitative estimate of drug-likeness (QED) is 0.907. The van der Waals surface area contributed by atoms with Crippen LogP contribution in [0.2, 0.25) is 0 Å². The minimum Gasteiger partial charge on any atom is -0.487 e. The van der Waals surface area contributed by atoms with Gasteiger partial charge < -0.3 is 10.1 Å². The van der Waals surface area contributed by atoms with Gasteiger partial charge in [-0.1, -0.05) is 12.1 Å². The standard InChI is InChI=1S/C16H20N2O/c1-11-8-12(2)13(3)15(9-11)19-10-14-6-5-7-16(17-4)18-14/h5-9H,10H2,1-4H3,(H,17,18). The molecule has 0 aliphatic rings. The van der Waals surface area contributed by atoms with Gasteiger partial charge in [0, 0.05) is 7.05 Å². The Morgan fingerprint density at radius 2 is 1.95 bits per heavy atom. The number of ether oxygens (including phenoxy) is 1. The molecule has 0 fully saturated rings. The largest absolute Gasteiger partial charge is 0.487 e. The van der Waals surface area contributed by atoms with Gasteiger partial charge in [0.05, 0.1) is 5.69 Å². The zero-order valence-electron chi connectivity index (χ0n) is 11.9. The number of nitrogens with one attached hydrogen (secondary N) is 1. The van der Waals surface area contributed by atoms with Gasteiger partial charge in [0.25, 0.3) is 0 Å². The Labute approximate surface area is 114 Å². The van der Waals surface area contributed by atoms with Crippen LogP contribution in [0.1, 0.15) is 22.4 Å². The third-order valence-corrected chi connectivity index (χ3v) is 3.20.